The lowest BCUT2D eigenvalue weighted by Gasteiger charge is -2.15. The van der Waals surface area contributed by atoms with E-state index in [9.17, 15) is 4.79 Å². The van der Waals surface area contributed by atoms with Gasteiger partial charge < -0.3 is 5.32 Å². The quantitative estimate of drug-likeness (QED) is 0.419. The van der Waals surface area contributed by atoms with Gasteiger partial charge in [0.05, 0.1) is 12.2 Å². The molecule has 0 unspecified atom stereocenters. The van der Waals surface area contributed by atoms with Crippen molar-refractivity contribution in [2.45, 2.75) is 26.3 Å². The molecule has 4 aromatic rings. The van der Waals surface area contributed by atoms with Gasteiger partial charge in [-0.3, -0.25) is 9.78 Å². The SMILES string of the molecule is CCc1cccc(C(=O)NCc2ccccn2)c1Cc1ccc(-c2ccccc2)cc1. The number of pyridine rings is 1. The van der Waals surface area contributed by atoms with Crippen LogP contribution in [0.3, 0.4) is 0 Å². The normalized spacial score (nSPS) is 10.6. The standard InChI is InChI=1S/C28H26N2O/c1-2-22-11-8-13-26(28(31)30-20-25-12-6-7-18-29-25)27(22)19-21-14-16-24(17-15-21)23-9-4-3-5-10-23/h3-18H,2,19-20H2,1H3,(H,30,31). The largest absolute Gasteiger partial charge is 0.346 e. The molecule has 0 saturated carbocycles. The van der Waals surface area contributed by atoms with Gasteiger partial charge in [0.15, 0.2) is 0 Å². The van der Waals surface area contributed by atoms with Crippen molar-refractivity contribution < 1.29 is 4.79 Å². The van der Waals surface area contributed by atoms with Crippen LogP contribution in [0.2, 0.25) is 0 Å². The zero-order chi connectivity index (χ0) is 21.5. The highest BCUT2D eigenvalue weighted by atomic mass is 16.1. The van der Waals surface area contributed by atoms with Crippen molar-refractivity contribution in [3.05, 3.63) is 125 Å². The van der Waals surface area contributed by atoms with Gasteiger partial charge >= 0.3 is 0 Å². The molecule has 0 radical (unpaired) electrons. The molecule has 0 bridgehead atoms. The van der Waals surface area contributed by atoms with Gasteiger partial charge in [0, 0.05) is 11.8 Å². The predicted octanol–water partition coefficient (Wildman–Crippen LogP) is 5.83. The Morgan fingerprint density at radius 2 is 1.55 bits per heavy atom. The van der Waals surface area contributed by atoms with Gasteiger partial charge in [-0.2, -0.15) is 0 Å². The fourth-order valence-corrected chi connectivity index (χ4v) is 3.81. The van der Waals surface area contributed by atoms with Gasteiger partial charge in [-0.1, -0.05) is 79.7 Å². The number of rotatable bonds is 7. The fraction of sp³-hybridized carbons (Fsp3) is 0.143. The number of hydrogen-bond donors (Lipinski definition) is 1. The molecule has 3 nitrogen and oxygen atoms in total. The van der Waals surface area contributed by atoms with E-state index in [1.165, 1.54) is 22.3 Å². The summed E-state index contributed by atoms with van der Waals surface area (Å²) in [5.74, 6) is -0.0585. The number of hydrogen-bond acceptors (Lipinski definition) is 2. The van der Waals surface area contributed by atoms with Crippen LogP contribution in [0, 0.1) is 0 Å². The van der Waals surface area contributed by atoms with Crippen molar-refractivity contribution in [2.24, 2.45) is 0 Å². The Bertz CT molecular complexity index is 1140. The van der Waals surface area contributed by atoms with E-state index in [-0.39, 0.29) is 5.91 Å². The van der Waals surface area contributed by atoms with Crippen molar-refractivity contribution in [3.63, 3.8) is 0 Å². The van der Waals surface area contributed by atoms with Gasteiger partial charge in [0.25, 0.3) is 5.91 Å². The second kappa shape index (κ2) is 9.86. The minimum absolute atomic E-state index is 0.0585. The van der Waals surface area contributed by atoms with E-state index in [4.69, 9.17) is 0 Å². The molecule has 1 heterocycles. The van der Waals surface area contributed by atoms with Crippen LogP contribution in [-0.2, 0) is 19.4 Å². The Morgan fingerprint density at radius 1 is 0.806 bits per heavy atom. The fourth-order valence-electron chi connectivity index (χ4n) is 3.81. The third kappa shape index (κ3) is 5.07. The summed E-state index contributed by atoms with van der Waals surface area (Å²) in [5, 5.41) is 3.02. The lowest BCUT2D eigenvalue weighted by molar-refractivity contribution is 0.0949. The van der Waals surface area contributed by atoms with E-state index in [2.05, 4.69) is 71.8 Å². The Hall–Kier alpha value is -3.72. The maximum absolute atomic E-state index is 13.0. The third-order valence-corrected chi connectivity index (χ3v) is 5.50. The lowest BCUT2D eigenvalue weighted by Crippen LogP contribution is -2.25. The van der Waals surface area contributed by atoms with Crippen molar-refractivity contribution in [1.29, 1.82) is 0 Å². The van der Waals surface area contributed by atoms with Crippen molar-refractivity contribution in [1.82, 2.24) is 10.3 Å². The molecule has 4 rings (SSSR count). The molecule has 154 valence electrons. The van der Waals surface area contributed by atoms with Crippen LogP contribution in [0.15, 0.2) is 97.2 Å². The minimum atomic E-state index is -0.0585. The highest BCUT2D eigenvalue weighted by Crippen LogP contribution is 2.23. The van der Waals surface area contributed by atoms with Crippen molar-refractivity contribution in [3.8, 4) is 11.1 Å². The highest BCUT2D eigenvalue weighted by molar-refractivity contribution is 5.96. The molecule has 0 spiro atoms. The number of aryl methyl sites for hydroxylation is 1. The van der Waals surface area contributed by atoms with Crippen LogP contribution in [-0.4, -0.2) is 10.9 Å². The first kappa shape index (κ1) is 20.5. The summed E-state index contributed by atoms with van der Waals surface area (Å²) in [4.78, 5) is 17.3. The van der Waals surface area contributed by atoms with Crippen molar-refractivity contribution >= 4 is 5.91 Å². The smallest absolute Gasteiger partial charge is 0.251 e. The summed E-state index contributed by atoms with van der Waals surface area (Å²) in [6.07, 6.45) is 3.36. The number of nitrogens with zero attached hydrogens (tertiary/aromatic N) is 1. The van der Waals surface area contributed by atoms with Crippen LogP contribution in [0.4, 0.5) is 0 Å². The number of carbonyl (C=O) groups excluding carboxylic acids is 1. The molecule has 0 aliphatic carbocycles. The third-order valence-electron chi connectivity index (χ3n) is 5.50. The van der Waals surface area contributed by atoms with Crippen LogP contribution < -0.4 is 5.32 Å². The molecule has 31 heavy (non-hydrogen) atoms. The number of carbonyl (C=O) groups is 1. The van der Waals surface area contributed by atoms with E-state index in [1.54, 1.807) is 6.20 Å². The Kier molecular flexibility index (Phi) is 6.53. The molecular formula is C28H26N2O. The second-order valence-corrected chi connectivity index (χ2v) is 7.54. The molecule has 0 aliphatic heterocycles. The zero-order valence-electron chi connectivity index (χ0n) is 17.7. The molecule has 1 amide bonds. The predicted molar refractivity (Wildman–Crippen MR) is 126 cm³/mol. The van der Waals surface area contributed by atoms with Crippen molar-refractivity contribution in [2.75, 3.05) is 0 Å². The molecule has 0 fully saturated rings. The number of aromatic nitrogens is 1. The van der Waals surface area contributed by atoms with Gasteiger partial charge in [0.2, 0.25) is 0 Å². The van der Waals surface area contributed by atoms with E-state index >= 15 is 0 Å². The Labute approximate surface area is 183 Å². The first-order valence-corrected chi connectivity index (χ1v) is 10.7. The molecule has 0 saturated heterocycles. The van der Waals surface area contributed by atoms with Crippen LogP contribution in [0.25, 0.3) is 11.1 Å². The maximum Gasteiger partial charge on any atom is 0.251 e. The monoisotopic (exact) mass is 406 g/mol. The zero-order valence-corrected chi connectivity index (χ0v) is 17.7. The summed E-state index contributed by atoms with van der Waals surface area (Å²) in [6.45, 7) is 2.55. The summed E-state index contributed by atoms with van der Waals surface area (Å²) in [5.41, 5.74) is 7.48. The summed E-state index contributed by atoms with van der Waals surface area (Å²) in [7, 11) is 0. The van der Waals surface area contributed by atoms with E-state index in [1.807, 2.05) is 36.4 Å². The van der Waals surface area contributed by atoms with Crippen LogP contribution >= 0.6 is 0 Å². The number of amides is 1. The molecule has 3 aromatic carbocycles. The molecule has 3 heteroatoms. The van der Waals surface area contributed by atoms with Gasteiger partial charge in [-0.05, 0) is 58.9 Å². The van der Waals surface area contributed by atoms with Gasteiger partial charge in [-0.25, -0.2) is 0 Å². The molecule has 1 aromatic heterocycles. The molecule has 1 N–H and O–H groups in total. The van der Waals surface area contributed by atoms with Gasteiger partial charge in [0.1, 0.15) is 0 Å². The first-order valence-electron chi connectivity index (χ1n) is 10.7. The summed E-state index contributed by atoms with van der Waals surface area (Å²) < 4.78 is 0. The highest BCUT2D eigenvalue weighted by Gasteiger charge is 2.15. The molecule has 0 atom stereocenters. The van der Waals surface area contributed by atoms with E-state index < -0.39 is 0 Å². The Balaban J connectivity index is 1.55. The van der Waals surface area contributed by atoms with E-state index in [0.29, 0.717) is 6.54 Å². The van der Waals surface area contributed by atoms with Crippen LogP contribution in [0.5, 0.6) is 0 Å². The maximum atomic E-state index is 13.0. The van der Waals surface area contributed by atoms with Crippen LogP contribution in [0.1, 0.15) is 39.7 Å². The summed E-state index contributed by atoms with van der Waals surface area (Å²) >= 11 is 0. The minimum Gasteiger partial charge on any atom is -0.346 e. The number of benzene rings is 3. The molecular weight excluding hydrogens is 380 g/mol. The molecule has 0 aliphatic rings. The summed E-state index contributed by atoms with van der Waals surface area (Å²) in [6, 6.07) is 30.7. The average molecular weight is 407 g/mol. The van der Waals surface area contributed by atoms with E-state index in [0.717, 1.165) is 29.7 Å². The topological polar surface area (TPSA) is 42.0 Å². The number of nitrogens with one attached hydrogen (secondary N) is 1. The lowest BCUT2D eigenvalue weighted by atomic mass is 9.92. The van der Waals surface area contributed by atoms with Gasteiger partial charge in [-0.15, -0.1) is 0 Å². The second-order valence-electron chi connectivity index (χ2n) is 7.54. The average Bonchev–Trinajstić information content (AvgIpc) is 2.84. The first-order chi connectivity index (χ1) is 15.2. The Morgan fingerprint density at radius 3 is 2.26 bits per heavy atom.